The summed E-state index contributed by atoms with van der Waals surface area (Å²) < 4.78 is 12.9. The predicted octanol–water partition coefficient (Wildman–Crippen LogP) is 5.83. The number of benzene rings is 2. The first kappa shape index (κ1) is 27.2. The highest BCUT2D eigenvalue weighted by atomic mass is 79.9. The van der Waals surface area contributed by atoms with Crippen LogP contribution in [-0.2, 0) is 0 Å². The number of hydrogen-bond acceptors (Lipinski definition) is 4. The number of amides is 2. The van der Waals surface area contributed by atoms with Gasteiger partial charge >= 0.3 is 0 Å². The molecule has 8 heteroatoms. The van der Waals surface area contributed by atoms with Crippen molar-refractivity contribution in [1.82, 2.24) is 10.6 Å². The zero-order valence-corrected chi connectivity index (χ0v) is 22.7. The lowest BCUT2D eigenvalue weighted by atomic mass is 10.2. The van der Waals surface area contributed by atoms with Crippen LogP contribution in [0.15, 0.2) is 45.3 Å². The molecule has 0 aliphatic heterocycles. The lowest BCUT2D eigenvalue weighted by Gasteiger charge is -2.12. The smallest absolute Gasteiger partial charge is 0.251 e. The van der Waals surface area contributed by atoms with Gasteiger partial charge in [-0.2, -0.15) is 0 Å². The summed E-state index contributed by atoms with van der Waals surface area (Å²) in [7, 11) is 0. The molecule has 33 heavy (non-hydrogen) atoms. The van der Waals surface area contributed by atoms with E-state index >= 15 is 0 Å². The van der Waals surface area contributed by atoms with E-state index in [9.17, 15) is 9.59 Å². The number of halogens is 2. The van der Waals surface area contributed by atoms with Gasteiger partial charge in [0.15, 0.2) is 0 Å². The third-order valence-electron chi connectivity index (χ3n) is 4.46. The molecule has 0 aromatic heterocycles. The quantitative estimate of drug-likeness (QED) is 0.308. The molecule has 2 aromatic rings. The largest absolute Gasteiger partial charge is 0.492 e. The average molecular weight is 584 g/mol. The van der Waals surface area contributed by atoms with E-state index in [2.05, 4.69) is 70.2 Å². The van der Waals surface area contributed by atoms with Crippen molar-refractivity contribution in [2.75, 3.05) is 26.3 Å². The molecule has 0 saturated carbocycles. The summed E-state index contributed by atoms with van der Waals surface area (Å²) >= 11 is 6.91. The van der Waals surface area contributed by atoms with Crippen molar-refractivity contribution in [3.63, 3.8) is 0 Å². The van der Waals surface area contributed by atoms with Gasteiger partial charge in [-0.15, -0.1) is 0 Å². The summed E-state index contributed by atoms with van der Waals surface area (Å²) in [4.78, 5) is 24.8. The molecule has 2 aromatic carbocycles. The van der Waals surface area contributed by atoms with Crippen molar-refractivity contribution in [3.05, 3.63) is 56.5 Å². The Balaban J connectivity index is 1.74. The minimum Gasteiger partial charge on any atom is -0.492 e. The van der Waals surface area contributed by atoms with E-state index in [1.165, 1.54) is 0 Å². The van der Waals surface area contributed by atoms with Crippen LogP contribution in [0, 0.1) is 11.8 Å². The molecule has 0 atom stereocenters. The minimum atomic E-state index is -0.168. The van der Waals surface area contributed by atoms with Crippen LogP contribution in [0.5, 0.6) is 11.5 Å². The van der Waals surface area contributed by atoms with E-state index in [0.717, 1.165) is 8.95 Å². The Labute approximate surface area is 213 Å². The predicted molar refractivity (Wildman–Crippen MR) is 138 cm³/mol. The molecule has 2 amide bonds. The van der Waals surface area contributed by atoms with E-state index in [1.807, 2.05) is 0 Å². The van der Waals surface area contributed by atoms with Crippen molar-refractivity contribution in [3.8, 4) is 11.5 Å². The fourth-order valence-corrected chi connectivity index (χ4v) is 3.71. The third-order valence-corrected chi connectivity index (χ3v) is 5.70. The topological polar surface area (TPSA) is 76.7 Å². The molecule has 2 rings (SSSR count). The first-order valence-corrected chi connectivity index (χ1v) is 12.7. The number of carbonyl (C=O) groups excluding carboxylic acids is 2. The molecule has 0 saturated heterocycles. The second kappa shape index (κ2) is 13.6. The van der Waals surface area contributed by atoms with Gasteiger partial charge in [-0.25, -0.2) is 0 Å². The number of rotatable bonds is 12. The molecule has 0 aliphatic carbocycles. The summed E-state index contributed by atoms with van der Waals surface area (Å²) in [5, 5.41) is 5.75. The van der Waals surface area contributed by atoms with Crippen LogP contribution in [0.2, 0.25) is 0 Å². The highest BCUT2D eigenvalue weighted by molar-refractivity contribution is 9.10. The van der Waals surface area contributed by atoms with Crippen molar-refractivity contribution in [2.24, 2.45) is 11.8 Å². The van der Waals surface area contributed by atoms with E-state index in [4.69, 9.17) is 9.47 Å². The second-order valence-electron chi connectivity index (χ2n) is 8.57. The molecule has 2 N–H and O–H groups in total. The van der Waals surface area contributed by atoms with Crippen LogP contribution in [0.3, 0.4) is 0 Å². The maximum absolute atomic E-state index is 12.4. The SMILES string of the molecule is CC(C)COc1ccc(C(=O)NCCCNC(=O)c2ccc(OCC(C)C)c(Br)c2)cc1Br. The van der Waals surface area contributed by atoms with E-state index < -0.39 is 0 Å². The molecule has 0 heterocycles. The van der Waals surface area contributed by atoms with Crippen molar-refractivity contribution >= 4 is 43.7 Å². The van der Waals surface area contributed by atoms with Gasteiger partial charge in [0.1, 0.15) is 11.5 Å². The summed E-state index contributed by atoms with van der Waals surface area (Å²) in [5.74, 6) is 1.94. The van der Waals surface area contributed by atoms with Crippen molar-refractivity contribution < 1.29 is 19.1 Å². The third kappa shape index (κ3) is 9.37. The van der Waals surface area contributed by atoms with E-state index in [0.29, 0.717) is 67.2 Å². The molecule has 6 nitrogen and oxygen atoms in total. The van der Waals surface area contributed by atoms with Gasteiger partial charge in [0.25, 0.3) is 11.8 Å². The molecular weight excluding hydrogens is 552 g/mol. The van der Waals surface area contributed by atoms with Gasteiger partial charge in [-0.3, -0.25) is 9.59 Å². The van der Waals surface area contributed by atoms with Crippen LogP contribution in [0.4, 0.5) is 0 Å². The maximum Gasteiger partial charge on any atom is 0.251 e. The van der Waals surface area contributed by atoms with Crippen molar-refractivity contribution in [1.29, 1.82) is 0 Å². The molecule has 0 bridgehead atoms. The molecule has 0 aliphatic rings. The summed E-state index contributed by atoms with van der Waals surface area (Å²) in [6.07, 6.45) is 0.616. The van der Waals surface area contributed by atoms with Crippen LogP contribution in [0.1, 0.15) is 54.8 Å². The van der Waals surface area contributed by atoms with Gasteiger partial charge in [-0.1, -0.05) is 27.7 Å². The number of ether oxygens (including phenoxy) is 2. The standard InChI is InChI=1S/C25H32Br2N2O4/c1-16(2)14-32-22-8-6-18(12-20(22)26)24(30)28-10-5-11-29-25(31)19-7-9-23(21(27)13-19)33-15-17(3)4/h6-9,12-13,16-17H,5,10-11,14-15H2,1-4H3,(H,28,30)(H,29,31). The Hall–Kier alpha value is -2.06. The number of hydrogen-bond donors (Lipinski definition) is 2. The fourth-order valence-electron chi connectivity index (χ4n) is 2.73. The molecule has 0 radical (unpaired) electrons. The van der Waals surface area contributed by atoms with Crippen LogP contribution < -0.4 is 20.1 Å². The van der Waals surface area contributed by atoms with E-state index in [1.54, 1.807) is 36.4 Å². The van der Waals surface area contributed by atoms with Gasteiger partial charge in [-0.05, 0) is 86.5 Å². The van der Waals surface area contributed by atoms with Gasteiger partial charge in [0, 0.05) is 24.2 Å². The summed E-state index contributed by atoms with van der Waals surface area (Å²) in [6.45, 7) is 10.5. The molecular formula is C25H32Br2N2O4. The lowest BCUT2D eigenvalue weighted by molar-refractivity contribution is 0.0951. The highest BCUT2D eigenvalue weighted by Crippen LogP contribution is 2.27. The highest BCUT2D eigenvalue weighted by Gasteiger charge is 2.11. The molecule has 0 spiro atoms. The van der Waals surface area contributed by atoms with Crippen LogP contribution in [0.25, 0.3) is 0 Å². The Bertz CT molecular complexity index is 872. The number of nitrogens with one attached hydrogen (secondary N) is 2. The van der Waals surface area contributed by atoms with Crippen LogP contribution in [-0.4, -0.2) is 38.1 Å². The Morgan fingerprint density at radius 2 is 1.15 bits per heavy atom. The minimum absolute atomic E-state index is 0.168. The molecule has 0 fully saturated rings. The Morgan fingerprint density at radius 3 is 1.48 bits per heavy atom. The fraction of sp³-hybridized carbons (Fsp3) is 0.440. The normalized spacial score (nSPS) is 10.9. The Kier molecular flexibility index (Phi) is 11.2. The van der Waals surface area contributed by atoms with E-state index in [-0.39, 0.29) is 11.8 Å². The second-order valence-corrected chi connectivity index (χ2v) is 10.3. The first-order chi connectivity index (χ1) is 15.7. The van der Waals surface area contributed by atoms with Crippen LogP contribution >= 0.6 is 31.9 Å². The summed E-state index contributed by atoms with van der Waals surface area (Å²) in [6, 6.07) is 10.6. The zero-order chi connectivity index (χ0) is 24.4. The number of carbonyl (C=O) groups is 2. The Morgan fingerprint density at radius 1 is 0.758 bits per heavy atom. The van der Waals surface area contributed by atoms with Crippen molar-refractivity contribution in [2.45, 2.75) is 34.1 Å². The lowest BCUT2D eigenvalue weighted by Crippen LogP contribution is -2.30. The monoisotopic (exact) mass is 582 g/mol. The van der Waals surface area contributed by atoms with Gasteiger partial charge in [0.05, 0.1) is 22.2 Å². The zero-order valence-electron chi connectivity index (χ0n) is 19.5. The maximum atomic E-state index is 12.4. The first-order valence-electron chi connectivity index (χ1n) is 11.1. The average Bonchev–Trinajstić information content (AvgIpc) is 2.76. The molecule has 180 valence electrons. The molecule has 0 unspecified atom stereocenters. The summed E-state index contributed by atoms with van der Waals surface area (Å²) in [5.41, 5.74) is 1.10. The van der Waals surface area contributed by atoms with Gasteiger partial charge < -0.3 is 20.1 Å². The van der Waals surface area contributed by atoms with Gasteiger partial charge in [0.2, 0.25) is 0 Å².